The van der Waals surface area contributed by atoms with Crippen molar-refractivity contribution in [2.45, 2.75) is 19.5 Å². The molecule has 1 unspecified atom stereocenters. The van der Waals surface area contributed by atoms with Crippen LogP contribution in [0.2, 0.25) is 0 Å². The number of hydrogen-bond acceptors (Lipinski definition) is 3. The van der Waals surface area contributed by atoms with Gasteiger partial charge in [-0.2, -0.15) is 0 Å². The highest BCUT2D eigenvalue weighted by Crippen LogP contribution is 2.13. The highest BCUT2D eigenvalue weighted by Gasteiger charge is 2.07. The third-order valence-electron chi connectivity index (χ3n) is 3.24. The highest BCUT2D eigenvalue weighted by molar-refractivity contribution is 14.0. The zero-order chi connectivity index (χ0) is 15.8. The van der Waals surface area contributed by atoms with Crippen LogP contribution in [-0.2, 0) is 11.3 Å². The summed E-state index contributed by atoms with van der Waals surface area (Å²) in [6.07, 6.45) is 5.51. The predicted octanol–water partition coefficient (Wildman–Crippen LogP) is 2.19. The molecule has 0 aliphatic carbocycles. The molecule has 0 aliphatic heterocycles. The van der Waals surface area contributed by atoms with E-state index in [4.69, 9.17) is 4.74 Å². The first-order valence-electron chi connectivity index (χ1n) is 7.27. The number of methoxy groups -OCH3 is 1. The lowest BCUT2D eigenvalue weighted by Crippen LogP contribution is -2.43. The van der Waals surface area contributed by atoms with Crippen LogP contribution in [0.1, 0.15) is 12.5 Å². The smallest absolute Gasteiger partial charge is 0.191 e. The SMILES string of the molecule is CN=C(NCc1ccccc1-n1ccnc1)NC(C)COC.I. The predicted molar refractivity (Wildman–Crippen MR) is 104 cm³/mol. The van der Waals surface area contributed by atoms with E-state index in [1.54, 1.807) is 26.7 Å². The average molecular weight is 429 g/mol. The molecular formula is C16H24IN5O. The molecule has 0 radical (unpaired) electrons. The van der Waals surface area contributed by atoms with Crippen molar-refractivity contribution >= 4 is 29.9 Å². The van der Waals surface area contributed by atoms with Gasteiger partial charge in [0.15, 0.2) is 5.96 Å². The van der Waals surface area contributed by atoms with Crippen LogP contribution >= 0.6 is 24.0 Å². The van der Waals surface area contributed by atoms with Crippen molar-refractivity contribution in [3.63, 3.8) is 0 Å². The van der Waals surface area contributed by atoms with Crippen molar-refractivity contribution in [1.82, 2.24) is 20.2 Å². The first-order valence-corrected chi connectivity index (χ1v) is 7.27. The molecule has 1 aromatic carbocycles. The number of aliphatic imine (C=N–C) groups is 1. The van der Waals surface area contributed by atoms with E-state index in [0.717, 1.165) is 11.6 Å². The lowest BCUT2D eigenvalue weighted by molar-refractivity contribution is 0.179. The van der Waals surface area contributed by atoms with E-state index < -0.39 is 0 Å². The topological polar surface area (TPSA) is 63.5 Å². The van der Waals surface area contributed by atoms with Crippen LogP contribution in [0.4, 0.5) is 0 Å². The fraction of sp³-hybridized carbons (Fsp3) is 0.375. The van der Waals surface area contributed by atoms with Crippen molar-refractivity contribution in [3.8, 4) is 5.69 Å². The maximum atomic E-state index is 5.12. The number of nitrogens with zero attached hydrogens (tertiary/aromatic N) is 3. The lowest BCUT2D eigenvalue weighted by atomic mass is 10.1. The Morgan fingerprint density at radius 2 is 2.17 bits per heavy atom. The summed E-state index contributed by atoms with van der Waals surface area (Å²) in [5, 5.41) is 6.61. The summed E-state index contributed by atoms with van der Waals surface area (Å²) in [6.45, 7) is 3.36. The summed E-state index contributed by atoms with van der Waals surface area (Å²) in [6, 6.07) is 8.41. The van der Waals surface area contributed by atoms with E-state index in [-0.39, 0.29) is 30.0 Å². The number of imidazole rings is 1. The Kier molecular flexibility index (Phi) is 8.64. The van der Waals surface area contributed by atoms with E-state index in [1.807, 2.05) is 22.9 Å². The number of hydrogen-bond donors (Lipinski definition) is 2. The van der Waals surface area contributed by atoms with Crippen molar-refractivity contribution in [2.24, 2.45) is 4.99 Å². The largest absolute Gasteiger partial charge is 0.383 e. The number of guanidine groups is 1. The molecule has 2 aromatic rings. The normalized spacial score (nSPS) is 12.4. The Hall–Kier alpha value is -1.61. The van der Waals surface area contributed by atoms with Crippen LogP contribution in [0.15, 0.2) is 48.0 Å². The second-order valence-corrected chi connectivity index (χ2v) is 5.03. The molecule has 6 nitrogen and oxygen atoms in total. The highest BCUT2D eigenvalue weighted by atomic mass is 127. The van der Waals surface area contributed by atoms with Gasteiger partial charge in [-0.25, -0.2) is 4.98 Å². The Labute approximate surface area is 154 Å². The van der Waals surface area contributed by atoms with E-state index in [0.29, 0.717) is 13.2 Å². The maximum absolute atomic E-state index is 5.12. The third kappa shape index (κ3) is 5.83. The van der Waals surface area contributed by atoms with Gasteiger partial charge in [0.2, 0.25) is 0 Å². The zero-order valence-electron chi connectivity index (χ0n) is 13.7. The van der Waals surface area contributed by atoms with Crippen LogP contribution in [-0.4, -0.2) is 42.3 Å². The van der Waals surface area contributed by atoms with Crippen molar-refractivity contribution in [2.75, 3.05) is 20.8 Å². The fourth-order valence-electron chi connectivity index (χ4n) is 2.21. The summed E-state index contributed by atoms with van der Waals surface area (Å²) in [5.41, 5.74) is 2.27. The summed E-state index contributed by atoms with van der Waals surface area (Å²) >= 11 is 0. The molecule has 0 saturated heterocycles. The number of nitrogens with one attached hydrogen (secondary N) is 2. The average Bonchev–Trinajstić information content (AvgIpc) is 3.06. The van der Waals surface area contributed by atoms with Crippen LogP contribution in [0.3, 0.4) is 0 Å². The van der Waals surface area contributed by atoms with E-state index in [2.05, 4.69) is 39.7 Å². The maximum Gasteiger partial charge on any atom is 0.191 e. The molecule has 0 bridgehead atoms. The molecule has 7 heteroatoms. The van der Waals surface area contributed by atoms with Gasteiger partial charge in [-0.05, 0) is 18.6 Å². The summed E-state index contributed by atoms with van der Waals surface area (Å²) in [4.78, 5) is 8.34. The number of benzene rings is 1. The van der Waals surface area contributed by atoms with Gasteiger partial charge >= 0.3 is 0 Å². The minimum absolute atomic E-state index is 0. The van der Waals surface area contributed by atoms with Gasteiger partial charge in [0.1, 0.15) is 0 Å². The first kappa shape index (κ1) is 19.4. The van der Waals surface area contributed by atoms with Crippen LogP contribution < -0.4 is 10.6 Å². The lowest BCUT2D eigenvalue weighted by Gasteiger charge is -2.18. The monoisotopic (exact) mass is 429 g/mol. The number of para-hydroxylation sites is 1. The molecule has 1 atom stereocenters. The van der Waals surface area contributed by atoms with Crippen LogP contribution in [0, 0.1) is 0 Å². The minimum Gasteiger partial charge on any atom is -0.383 e. The Morgan fingerprint density at radius 3 is 2.83 bits per heavy atom. The fourth-order valence-corrected chi connectivity index (χ4v) is 2.21. The van der Waals surface area contributed by atoms with E-state index in [1.165, 1.54) is 5.56 Å². The zero-order valence-corrected chi connectivity index (χ0v) is 16.0. The molecule has 1 heterocycles. The number of rotatable bonds is 6. The second-order valence-electron chi connectivity index (χ2n) is 5.03. The van der Waals surface area contributed by atoms with Crippen LogP contribution in [0.25, 0.3) is 5.69 Å². The second kappa shape index (κ2) is 10.2. The van der Waals surface area contributed by atoms with Crippen molar-refractivity contribution in [1.29, 1.82) is 0 Å². The van der Waals surface area contributed by atoms with Crippen LogP contribution in [0.5, 0.6) is 0 Å². The molecule has 0 fully saturated rings. The van der Waals surface area contributed by atoms with E-state index >= 15 is 0 Å². The Morgan fingerprint density at radius 1 is 1.39 bits per heavy atom. The molecular weight excluding hydrogens is 405 g/mol. The quantitative estimate of drug-likeness (QED) is 0.420. The van der Waals surface area contributed by atoms with Gasteiger partial charge in [-0.3, -0.25) is 4.99 Å². The molecule has 126 valence electrons. The molecule has 0 amide bonds. The van der Waals surface area contributed by atoms with Gasteiger partial charge in [0.05, 0.1) is 18.6 Å². The van der Waals surface area contributed by atoms with Crippen molar-refractivity contribution in [3.05, 3.63) is 48.5 Å². The number of halogens is 1. The molecule has 0 saturated carbocycles. The first-order chi connectivity index (χ1) is 10.7. The van der Waals surface area contributed by atoms with Gasteiger partial charge in [0.25, 0.3) is 0 Å². The standard InChI is InChI=1S/C16H23N5O.HI/c1-13(11-22-3)20-16(17-2)19-10-14-6-4-5-7-15(14)21-9-8-18-12-21;/h4-9,12-13H,10-11H2,1-3H3,(H2,17,19,20);1H. The molecule has 0 aliphatic rings. The van der Waals surface area contributed by atoms with E-state index in [9.17, 15) is 0 Å². The van der Waals surface area contributed by atoms with Gasteiger partial charge in [-0.1, -0.05) is 18.2 Å². The molecule has 2 N–H and O–H groups in total. The molecule has 23 heavy (non-hydrogen) atoms. The van der Waals surface area contributed by atoms with Gasteiger partial charge in [0, 0.05) is 39.1 Å². The summed E-state index contributed by atoms with van der Waals surface area (Å²) in [5.74, 6) is 0.755. The molecule has 2 rings (SSSR count). The molecule has 1 aromatic heterocycles. The summed E-state index contributed by atoms with van der Waals surface area (Å²) in [7, 11) is 3.45. The third-order valence-corrected chi connectivity index (χ3v) is 3.24. The van der Waals surface area contributed by atoms with Gasteiger partial charge in [-0.15, -0.1) is 24.0 Å². The minimum atomic E-state index is 0. The number of aromatic nitrogens is 2. The molecule has 0 spiro atoms. The van der Waals surface area contributed by atoms with Gasteiger partial charge < -0.3 is 19.9 Å². The van der Waals surface area contributed by atoms with Crippen molar-refractivity contribution < 1.29 is 4.74 Å². The Bertz CT molecular complexity index is 600. The Balaban J connectivity index is 0.00000264. The number of ether oxygens (including phenoxy) is 1. The summed E-state index contributed by atoms with van der Waals surface area (Å²) < 4.78 is 7.13.